The fraction of sp³-hybridized carbons (Fsp3) is 0.650. The number of nitrogens with one attached hydrogen (secondary N) is 1. The van der Waals surface area contributed by atoms with E-state index in [9.17, 15) is 4.79 Å². The van der Waals surface area contributed by atoms with E-state index in [4.69, 9.17) is 0 Å². The fourth-order valence-corrected chi connectivity index (χ4v) is 4.56. The number of carbonyl (C=O) groups is 1. The lowest BCUT2D eigenvalue weighted by Gasteiger charge is -2.30. The summed E-state index contributed by atoms with van der Waals surface area (Å²) in [6.45, 7) is 6.07. The summed E-state index contributed by atoms with van der Waals surface area (Å²) < 4.78 is 0. The fourth-order valence-electron chi connectivity index (χ4n) is 3.47. The molecular formula is C20H34N2OS. The summed E-state index contributed by atoms with van der Waals surface area (Å²) >= 11 is 1.83. The first-order chi connectivity index (χ1) is 11.0. The first-order valence-electron chi connectivity index (χ1n) is 8.59. The predicted molar refractivity (Wildman–Crippen MR) is 107 cm³/mol. The Kier molecular flexibility index (Phi) is 8.85. The molecule has 3 atom stereocenters. The minimum Gasteiger partial charge on any atom is -0.345 e. The first kappa shape index (κ1) is 21.0. The van der Waals surface area contributed by atoms with Gasteiger partial charge in [0.1, 0.15) is 0 Å². The summed E-state index contributed by atoms with van der Waals surface area (Å²) in [6, 6.07) is 9.02. The van der Waals surface area contributed by atoms with Crippen LogP contribution in [0.25, 0.3) is 0 Å². The lowest BCUT2D eigenvalue weighted by Crippen LogP contribution is -2.44. The van der Waals surface area contributed by atoms with Gasteiger partial charge in [0, 0.05) is 30.8 Å². The highest BCUT2D eigenvalue weighted by Gasteiger charge is 2.33. The second-order valence-electron chi connectivity index (χ2n) is 6.69. The molecule has 0 radical (unpaired) electrons. The van der Waals surface area contributed by atoms with Crippen molar-refractivity contribution >= 4 is 17.7 Å². The Morgan fingerprint density at radius 3 is 2.79 bits per heavy atom. The Hall–Kier alpha value is -1.00. The molecule has 0 aromatic heterocycles. The third kappa shape index (κ3) is 5.52. The summed E-state index contributed by atoms with van der Waals surface area (Å²) in [5.74, 6) is 0.328. The van der Waals surface area contributed by atoms with Crippen LogP contribution in [0.15, 0.2) is 24.3 Å². The van der Waals surface area contributed by atoms with Gasteiger partial charge in [-0.05, 0) is 44.6 Å². The molecule has 3 nitrogen and oxygen atoms in total. The molecular weight excluding hydrogens is 316 g/mol. The lowest BCUT2D eigenvalue weighted by molar-refractivity contribution is -0.133. The van der Waals surface area contributed by atoms with E-state index in [1.165, 1.54) is 24.0 Å². The molecule has 1 saturated heterocycles. The van der Waals surface area contributed by atoms with Gasteiger partial charge in [-0.1, -0.05) is 44.2 Å². The van der Waals surface area contributed by atoms with Gasteiger partial charge in [0.2, 0.25) is 5.91 Å². The number of rotatable bonds is 7. The van der Waals surface area contributed by atoms with Crippen molar-refractivity contribution < 1.29 is 4.79 Å². The van der Waals surface area contributed by atoms with Crippen LogP contribution in [-0.2, 0) is 11.2 Å². The van der Waals surface area contributed by atoms with E-state index < -0.39 is 0 Å². The number of aryl methyl sites for hydroxylation is 1. The van der Waals surface area contributed by atoms with Crippen molar-refractivity contribution in [3.05, 3.63) is 35.4 Å². The largest absolute Gasteiger partial charge is 0.345 e. The summed E-state index contributed by atoms with van der Waals surface area (Å²) in [5.41, 5.74) is 2.58. The van der Waals surface area contributed by atoms with Gasteiger partial charge in [-0.25, -0.2) is 0 Å². The van der Waals surface area contributed by atoms with E-state index in [0.717, 1.165) is 19.5 Å². The molecule has 1 aliphatic rings. The number of hydrogen-bond donors (Lipinski definition) is 1. The summed E-state index contributed by atoms with van der Waals surface area (Å²) in [7, 11) is 1.94. The molecule has 136 valence electrons. The molecule has 1 heterocycles. The molecule has 1 aromatic rings. The Balaban J connectivity index is 0.00000288. The molecule has 1 aromatic carbocycles. The SMILES string of the molecule is C.CS[C@@H]([C@@H]1CCCN1)[C@@H](C)C(=O)N(C)CCc1cccc(C)c1. The Morgan fingerprint density at radius 2 is 2.21 bits per heavy atom. The maximum absolute atomic E-state index is 12.8. The van der Waals surface area contributed by atoms with Crippen molar-refractivity contribution in [3.8, 4) is 0 Å². The van der Waals surface area contributed by atoms with E-state index in [2.05, 4.69) is 49.7 Å². The third-order valence-corrected chi connectivity index (χ3v) is 6.13. The summed E-state index contributed by atoms with van der Waals surface area (Å²) in [4.78, 5) is 14.7. The van der Waals surface area contributed by atoms with Gasteiger partial charge < -0.3 is 10.2 Å². The number of carbonyl (C=O) groups excluding carboxylic acids is 1. The second-order valence-corrected chi connectivity index (χ2v) is 7.71. The zero-order chi connectivity index (χ0) is 16.8. The molecule has 24 heavy (non-hydrogen) atoms. The van der Waals surface area contributed by atoms with Crippen molar-refractivity contribution in [2.45, 2.75) is 51.8 Å². The van der Waals surface area contributed by atoms with Crippen LogP contribution in [0.3, 0.4) is 0 Å². The molecule has 0 saturated carbocycles. The molecule has 4 heteroatoms. The molecule has 1 amide bonds. The Morgan fingerprint density at radius 1 is 1.46 bits per heavy atom. The van der Waals surface area contributed by atoms with Crippen LogP contribution in [0.1, 0.15) is 38.3 Å². The van der Waals surface area contributed by atoms with Crippen molar-refractivity contribution in [3.63, 3.8) is 0 Å². The van der Waals surface area contributed by atoms with Gasteiger partial charge in [0.05, 0.1) is 0 Å². The first-order valence-corrected chi connectivity index (χ1v) is 9.88. The number of thioether (sulfide) groups is 1. The number of nitrogens with zero attached hydrogens (tertiary/aromatic N) is 1. The van der Waals surface area contributed by atoms with Crippen molar-refractivity contribution in [2.24, 2.45) is 5.92 Å². The van der Waals surface area contributed by atoms with Gasteiger partial charge in [-0.2, -0.15) is 11.8 Å². The minimum atomic E-state index is 0. The van der Waals surface area contributed by atoms with E-state index in [1.54, 1.807) is 0 Å². The van der Waals surface area contributed by atoms with Gasteiger partial charge in [-0.15, -0.1) is 0 Å². The smallest absolute Gasteiger partial charge is 0.226 e. The van der Waals surface area contributed by atoms with Gasteiger partial charge >= 0.3 is 0 Å². The van der Waals surface area contributed by atoms with Crippen molar-refractivity contribution in [2.75, 3.05) is 26.4 Å². The third-order valence-electron chi connectivity index (χ3n) is 4.84. The summed E-state index contributed by atoms with van der Waals surface area (Å²) in [5, 5.41) is 3.92. The molecule has 1 fully saturated rings. The molecule has 1 N–H and O–H groups in total. The van der Waals surface area contributed by atoms with Crippen molar-refractivity contribution in [1.82, 2.24) is 10.2 Å². The zero-order valence-corrected chi connectivity index (χ0v) is 15.7. The normalized spacial score (nSPS) is 19.4. The monoisotopic (exact) mass is 350 g/mol. The Bertz CT molecular complexity index is 514. The van der Waals surface area contributed by atoms with Gasteiger partial charge in [0.15, 0.2) is 0 Å². The quantitative estimate of drug-likeness (QED) is 0.813. The van der Waals surface area contributed by atoms with E-state index >= 15 is 0 Å². The highest BCUT2D eigenvalue weighted by Crippen LogP contribution is 2.27. The number of hydrogen-bond acceptors (Lipinski definition) is 3. The molecule has 0 aliphatic carbocycles. The van der Waals surface area contributed by atoms with Crippen LogP contribution in [-0.4, -0.2) is 48.5 Å². The van der Waals surface area contributed by atoms with E-state index in [1.807, 2.05) is 23.7 Å². The van der Waals surface area contributed by atoms with E-state index in [-0.39, 0.29) is 19.3 Å². The van der Waals surface area contributed by atoms with Crippen LogP contribution < -0.4 is 5.32 Å². The van der Waals surface area contributed by atoms with Gasteiger partial charge in [-0.3, -0.25) is 4.79 Å². The van der Waals surface area contributed by atoms with Gasteiger partial charge in [0.25, 0.3) is 0 Å². The molecule has 0 spiro atoms. The van der Waals surface area contributed by atoms with Crippen molar-refractivity contribution in [1.29, 1.82) is 0 Å². The van der Waals surface area contributed by atoms with Crippen LogP contribution in [0.2, 0.25) is 0 Å². The highest BCUT2D eigenvalue weighted by molar-refractivity contribution is 7.99. The molecule has 1 aliphatic heterocycles. The standard InChI is InChI=1S/C19H30N2OS.CH4/c1-14-7-5-8-16(13-14)10-12-21(3)19(22)15(2)18(23-4)17-9-6-11-20-17;/h5,7-8,13,15,17-18,20H,6,9-12H2,1-4H3;1H4/t15-,17+,18-;/m1./s1. The highest BCUT2D eigenvalue weighted by atomic mass is 32.2. The molecule has 0 unspecified atom stereocenters. The van der Waals surface area contributed by atoms with Crippen LogP contribution in [0.4, 0.5) is 0 Å². The van der Waals surface area contributed by atoms with E-state index in [0.29, 0.717) is 11.3 Å². The molecule has 0 bridgehead atoms. The maximum atomic E-state index is 12.8. The average Bonchev–Trinajstić information content (AvgIpc) is 3.06. The Labute approximate surface area is 152 Å². The molecule has 2 rings (SSSR count). The summed E-state index contributed by atoms with van der Waals surface area (Å²) in [6.07, 6.45) is 5.46. The number of likely N-dealkylation sites (N-methyl/N-ethyl adjacent to an activating group) is 1. The number of benzene rings is 1. The maximum Gasteiger partial charge on any atom is 0.226 e. The second kappa shape index (κ2) is 10.1. The zero-order valence-electron chi connectivity index (χ0n) is 14.8. The number of amides is 1. The minimum absolute atomic E-state index is 0. The topological polar surface area (TPSA) is 32.3 Å². The van der Waals surface area contributed by atoms with Crippen LogP contribution >= 0.6 is 11.8 Å². The average molecular weight is 351 g/mol. The lowest BCUT2D eigenvalue weighted by atomic mass is 9.98. The predicted octanol–water partition coefficient (Wildman–Crippen LogP) is 3.75. The van der Waals surface area contributed by atoms with Crippen LogP contribution in [0.5, 0.6) is 0 Å². The van der Waals surface area contributed by atoms with Crippen LogP contribution in [0, 0.1) is 12.8 Å².